The highest BCUT2D eigenvalue weighted by Gasteiger charge is 2.02. The van der Waals surface area contributed by atoms with Crippen molar-refractivity contribution in [1.29, 1.82) is 0 Å². The van der Waals surface area contributed by atoms with Crippen molar-refractivity contribution in [3.8, 4) is 5.75 Å². The Bertz CT molecular complexity index is 237. The first-order valence-corrected chi connectivity index (χ1v) is 3.56. The number of nitrogens with two attached hydrogens (primary N) is 1. The van der Waals surface area contributed by atoms with Gasteiger partial charge in [0.1, 0.15) is 5.75 Å². The number of benzene rings is 1. The lowest BCUT2D eigenvalue weighted by Crippen LogP contribution is -2.30. The number of phenols is 1. The number of hydrazine groups is 1. The van der Waals surface area contributed by atoms with Gasteiger partial charge in [-0.05, 0) is 19.1 Å². The molecule has 0 aromatic heterocycles. The molecule has 1 aromatic rings. The highest BCUT2D eigenvalue weighted by atomic mass is 16.3. The van der Waals surface area contributed by atoms with Gasteiger partial charge in [-0.2, -0.15) is 0 Å². The van der Waals surface area contributed by atoms with E-state index < -0.39 is 0 Å². The van der Waals surface area contributed by atoms with Crippen LogP contribution in [0.5, 0.6) is 5.75 Å². The Morgan fingerprint density at radius 2 is 2.09 bits per heavy atom. The Hall–Kier alpha value is -1.22. The fourth-order valence-electron chi connectivity index (χ4n) is 0.877. The minimum atomic E-state index is 0.219. The second kappa shape index (κ2) is 3.25. The van der Waals surface area contributed by atoms with Crippen LogP contribution in [0, 0.1) is 0 Å². The third kappa shape index (κ3) is 1.62. The number of phenolic OH excluding ortho intramolecular Hbond substituents is 1. The molecule has 3 N–H and O–H groups in total. The third-order valence-electron chi connectivity index (χ3n) is 1.53. The molecule has 0 bridgehead atoms. The van der Waals surface area contributed by atoms with Crippen LogP contribution in [0.3, 0.4) is 0 Å². The monoisotopic (exact) mass is 152 g/mol. The zero-order valence-corrected chi connectivity index (χ0v) is 6.49. The molecule has 0 aliphatic carbocycles. The summed E-state index contributed by atoms with van der Waals surface area (Å²) in [5.74, 6) is 5.79. The summed E-state index contributed by atoms with van der Waals surface area (Å²) in [6, 6.07) is 7.00. The van der Waals surface area contributed by atoms with Gasteiger partial charge in [0.25, 0.3) is 0 Å². The molecule has 3 nitrogen and oxygen atoms in total. The summed E-state index contributed by atoms with van der Waals surface area (Å²) in [5, 5.41) is 10.8. The molecule has 0 aliphatic rings. The van der Waals surface area contributed by atoms with Crippen molar-refractivity contribution in [3.05, 3.63) is 24.3 Å². The summed E-state index contributed by atoms with van der Waals surface area (Å²) < 4.78 is 0. The number of nitrogens with zero attached hydrogens (tertiary/aromatic N) is 1. The Morgan fingerprint density at radius 3 is 2.64 bits per heavy atom. The number of hydrogen-bond acceptors (Lipinski definition) is 3. The van der Waals surface area contributed by atoms with Gasteiger partial charge in [-0.1, -0.05) is 12.1 Å². The minimum Gasteiger partial charge on any atom is -0.506 e. The highest BCUT2D eigenvalue weighted by molar-refractivity contribution is 5.56. The number of hydrogen-bond donors (Lipinski definition) is 2. The van der Waals surface area contributed by atoms with E-state index in [4.69, 9.17) is 5.84 Å². The molecule has 1 rings (SSSR count). The van der Waals surface area contributed by atoms with Gasteiger partial charge in [-0.15, -0.1) is 0 Å². The average molecular weight is 152 g/mol. The van der Waals surface area contributed by atoms with E-state index >= 15 is 0 Å². The fraction of sp³-hybridized carbons (Fsp3) is 0.250. The van der Waals surface area contributed by atoms with Crippen molar-refractivity contribution in [2.45, 2.75) is 6.92 Å². The molecule has 0 radical (unpaired) electrons. The van der Waals surface area contributed by atoms with Gasteiger partial charge >= 0.3 is 0 Å². The summed E-state index contributed by atoms with van der Waals surface area (Å²) in [6.45, 7) is 2.60. The predicted octanol–water partition coefficient (Wildman–Crippen LogP) is 1.09. The van der Waals surface area contributed by atoms with Crippen LogP contribution < -0.4 is 10.9 Å². The number of para-hydroxylation sites is 2. The highest BCUT2D eigenvalue weighted by Crippen LogP contribution is 2.23. The maximum Gasteiger partial charge on any atom is 0.140 e. The van der Waals surface area contributed by atoms with Gasteiger partial charge in [0.2, 0.25) is 0 Å². The van der Waals surface area contributed by atoms with E-state index in [2.05, 4.69) is 0 Å². The lowest BCUT2D eigenvalue weighted by atomic mass is 10.3. The van der Waals surface area contributed by atoms with Gasteiger partial charge in [-0.3, -0.25) is 0 Å². The van der Waals surface area contributed by atoms with E-state index in [1.54, 1.807) is 18.2 Å². The van der Waals surface area contributed by atoms with Crippen molar-refractivity contribution in [2.75, 3.05) is 11.6 Å². The molecule has 1 aromatic carbocycles. The van der Waals surface area contributed by atoms with E-state index in [-0.39, 0.29) is 5.75 Å². The van der Waals surface area contributed by atoms with Crippen LogP contribution in [-0.4, -0.2) is 11.7 Å². The van der Waals surface area contributed by atoms with Crippen LogP contribution in [0.25, 0.3) is 0 Å². The van der Waals surface area contributed by atoms with E-state index in [9.17, 15) is 5.11 Å². The molecule has 0 aliphatic heterocycles. The lowest BCUT2D eigenvalue weighted by molar-refractivity contribution is 0.474. The number of anilines is 1. The molecule has 0 unspecified atom stereocenters. The van der Waals surface area contributed by atoms with E-state index in [1.165, 1.54) is 5.01 Å². The van der Waals surface area contributed by atoms with E-state index in [0.717, 1.165) is 0 Å². The topological polar surface area (TPSA) is 49.5 Å². The zero-order chi connectivity index (χ0) is 8.27. The molecule has 0 spiro atoms. The molecule has 0 heterocycles. The predicted molar refractivity (Wildman–Crippen MR) is 45.3 cm³/mol. The summed E-state index contributed by atoms with van der Waals surface area (Å²) >= 11 is 0. The molecular formula is C8H12N2O. The molecular weight excluding hydrogens is 140 g/mol. The first-order valence-electron chi connectivity index (χ1n) is 3.56. The minimum absolute atomic E-state index is 0.219. The maximum atomic E-state index is 9.29. The first kappa shape index (κ1) is 7.88. The maximum absolute atomic E-state index is 9.29. The molecule has 0 amide bonds. The third-order valence-corrected chi connectivity index (χ3v) is 1.53. The van der Waals surface area contributed by atoms with Crippen LogP contribution in [0.15, 0.2) is 24.3 Å². The van der Waals surface area contributed by atoms with Crippen LogP contribution in [-0.2, 0) is 0 Å². The fourth-order valence-corrected chi connectivity index (χ4v) is 0.877. The summed E-state index contributed by atoms with van der Waals surface area (Å²) in [6.07, 6.45) is 0. The standard InChI is InChI=1S/C8H12N2O/c1-2-10(9)7-5-3-4-6-8(7)11/h3-6,11H,2,9H2,1H3. The van der Waals surface area contributed by atoms with Gasteiger partial charge in [0.05, 0.1) is 5.69 Å². The molecule has 3 heteroatoms. The van der Waals surface area contributed by atoms with Crippen molar-refractivity contribution >= 4 is 5.69 Å². The van der Waals surface area contributed by atoms with Crippen molar-refractivity contribution < 1.29 is 5.11 Å². The van der Waals surface area contributed by atoms with Crippen LogP contribution in [0.2, 0.25) is 0 Å². The Kier molecular flexibility index (Phi) is 2.33. The normalized spacial score (nSPS) is 9.64. The molecule has 60 valence electrons. The quantitative estimate of drug-likeness (QED) is 0.492. The molecule has 0 atom stereocenters. The molecule has 0 saturated heterocycles. The summed E-state index contributed by atoms with van der Waals surface area (Å²) in [5.41, 5.74) is 0.662. The second-order valence-electron chi connectivity index (χ2n) is 2.27. The first-order chi connectivity index (χ1) is 5.25. The Morgan fingerprint density at radius 1 is 1.45 bits per heavy atom. The smallest absolute Gasteiger partial charge is 0.140 e. The van der Waals surface area contributed by atoms with Crippen molar-refractivity contribution in [2.24, 2.45) is 5.84 Å². The molecule has 0 fully saturated rings. The van der Waals surface area contributed by atoms with Gasteiger partial charge in [-0.25, -0.2) is 5.84 Å². The largest absolute Gasteiger partial charge is 0.506 e. The van der Waals surface area contributed by atoms with Crippen LogP contribution >= 0.6 is 0 Å². The van der Waals surface area contributed by atoms with Gasteiger partial charge in [0.15, 0.2) is 0 Å². The molecule has 0 saturated carbocycles. The van der Waals surface area contributed by atoms with Crippen LogP contribution in [0.1, 0.15) is 6.92 Å². The Labute approximate surface area is 66.0 Å². The second-order valence-corrected chi connectivity index (χ2v) is 2.27. The van der Waals surface area contributed by atoms with Crippen molar-refractivity contribution in [1.82, 2.24) is 0 Å². The number of aromatic hydroxyl groups is 1. The van der Waals surface area contributed by atoms with E-state index in [0.29, 0.717) is 12.2 Å². The summed E-state index contributed by atoms with van der Waals surface area (Å²) in [4.78, 5) is 0. The van der Waals surface area contributed by atoms with Gasteiger partial charge in [0, 0.05) is 6.54 Å². The lowest BCUT2D eigenvalue weighted by Gasteiger charge is -2.16. The van der Waals surface area contributed by atoms with E-state index in [1.807, 2.05) is 13.0 Å². The average Bonchev–Trinajstić information content (AvgIpc) is 2.04. The number of rotatable bonds is 2. The SMILES string of the molecule is CCN(N)c1ccccc1O. The van der Waals surface area contributed by atoms with Crippen molar-refractivity contribution in [3.63, 3.8) is 0 Å². The zero-order valence-electron chi connectivity index (χ0n) is 6.49. The summed E-state index contributed by atoms with van der Waals surface area (Å²) in [7, 11) is 0. The Balaban J connectivity index is 2.93. The van der Waals surface area contributed by atoms with Gasteiger partial charge < -0.3 is 10.1 Å². The van der Waals surface area contributed by atoms with Crippen LogP contribution in [0.4, 0.5) is 5.69 Å². The molecule has 11 heavy (non-hydrogen) atoms.